The molecule has 0 spiro atoms. The highest BCUT2D eigenvalue weighted by atomic mass is 19.1. The van der Waals surface area contributed by atoms with E-state index >= 15 is 0 Å². The fraction of sp³-hybridized carbons (Fsp3) is 0.0714. The van der Waals surface area contributed by atoms with Gasteiger partial charge in [-0.25, -0.2) is 4.39 Å². The summed E-state index contributed by atoms with van der Waals surface area (Å²) in [5, 5.41) is 29.0. The van der Waals surface area contributed by atoms with Crippen LogP contribution in [-0.4, -0.2) is 41.7 Å². The molecule has 0 bridgehead atoms. The van der Waals surface area contributed by atoms with Crippen LogP contribution in [0.3, 0.4) is 0 Å². The van der Waals surface area contributed by atoms with Crippen LogP contribution in [0.25, 0.3) is 5.76 Å². The van der Waals surface area contributed by atoms with Crippen LogP contribution in [0.15, 0.2) is 36.5 Å². The van der Waals surface area contributed by atoms with Crippen molar-refractivity contribution < 1.29 is 14.3 Å². The number of carbonyl (C=O) groups excluding carboxylic acids is 1. The summed E-state index contributed by atoms with van der Waals surface area (Å²) in [6.45, 7) is 0. The van der Waals surface area contributed by atoms with E-state index < -0.39 is 5.78 Å². The Morgan fingerprint density at radius 2 is 2.13 bits per heavy atom. The minimum Gasteiger partial charge on any atom is -0.506 e. The zero-order valence-electron chi connectivity index (χ0n) is 11.7. The van der Waals surface area contributed by atoms with Gasteiger partial charge in [-0.15, -0.1) is 10.2 Å². The Hall–Kier alpha value is -3.36. The molecule has 1 aromatic carbocycles. The van der Waals surface area contributed by atoms with E-state index in [1.807, 2.05) is 0 Å². The van der Waals surface area contributed by atoms with Crippen LogP contribution in [-0.2, 0) is 6.42 Å². The zero-order chi connectivity index (χ0) is 16.2. The maximum atomic E-state index is 13.7. The van der Waals surface area contributed by atoms with E-state index in [0.29, 0.717) is 11.1 Å². The minimum absolute atomic E-state index is 0.174. The summed E-state index contributed by atoms with van der Waals surface area (Å²) in [5.41, 5.74) is 1.22. The van der Waals surface area contributed by atoms with E-state index in [1.165, 1.54) is 12.3 Å². The summed E-state index contributed by atoms with van der Waals surface area (Å²) in [4.78, 5) is 11.8. The van der Waals surface area contributed by atoms with Gasteiger partial charge in [-0.3, -0.25) is 9.89 Å². The zero-order valence-corrected chi connectivity index (χ0v) is 11.7. The van der Waals surface area contributed by atoms with Gasteiger partial charge in [0.25, 0.3) is 0 Å². The molecule has 2 aromatic heterocycles. The number of rotatable bonds is 5. The molecule has 8 nitrogen and oxygen atoms in total. The van der Waals surface area contributed by atoms with Crippen LogP contribution in [0, 0.1) is 5.82 Å². The molecule has 9 heteroatoms. The van der Waals surface area contributed by atoms with E-state index in [0.717, 1.165) is 6.08 Å². The van der Waals surface area contributed by atoms with Crippen LogP contribution >= 0.6 is 0 Å². The maximum absolute atomic E-state index is 13.7. The SMILES string of the molecule is O=C(C=C(O)c1[nH]ncc1Cc1ccccc1F)c1nn[nH]n1. The van der Waals surface area contributed by atoms with Crippen molar-refractivity contribution in [1.82, 2.24) is 30.8 Å². The molecule has 0 aliphatic heterocycles. The number of aliphatic hydroxyl groups is 1. The van der Waals surface area contributed by atoms with Crippen molar-refractivity contribution in [2.24, 2.45) is 0 Å². The van der Waals surface area contributed by atoms with Crippen molar-refractivity contribution >= 4 is 11.5 Å². The first-order valence-corrected chi connectivity index (χ1v) is 6.59. The van der Waals surface area contributed by atoms with Crippen LogP contribution in [0.4, 0.5) is 4.39 Å². The number of hydrogen-bond acceptors (Lipinski definition) is 6. The molecule has 0 unspecified atom stereocenters. The second-order valence-corrected chi connectivity index (χ2v) is 4.67. The van der Waals surface area contributed by atoms with Gasteiger partial charge in [-0.05, 0) is 16.8 Å². The Bertz CT molecular complexity index is 856. The number of carbonyl (C=O) groups is 1. The average molecular weight is 314 g/mol. The molecular formula is C14H11FN6O2. The predicted molar refractivity (Wildman–Crippen MR) is 76.9 cm³/mol. The number of ketones is 1. The molecule has 0 saturated heterocycles. The Morgan fingerprint density at radius 3 is 2.87 bits per heavy atom. The van der Waals surface area contributed by atoms with Crippen LogP contribution < -0.4 is 0 Å². The van der Waals surface area contributed by atoms with Gasteiger partial charge in [-0.1, -0.05) is 18.2 Å². The molecule has 0 atom stereocenters. The van der Waals surface area contributed by atoms with E-state index in [2.05, 4.69) is 30.8 Å². The molecule has 0 aliphatic rings. The quantitative estimate of drug-likeness (QED) is 0.372. The van der Waals surface area contributed by atoms with Gasteiger partial charge in [0.15, 0.2) is 0 Å². The molecular weight excluding hydrogens is 303 g/mol. The number of nitrogens with zero attached hydrogens (tertiary/aromatic N) is 4. The van der Waals surface area contributed by atoms with Crippen molar-refractivity contribution in [3.8, 4) is 0 Å². The highest BCUT2D eigenvalue weighted by molar-refractivity contribution is 6.05. The number of aromatic amines is 2. The topological polar surface area (TPSA) is 120 Å². The first-order valence-electron chi connectivity index (χ1n) is 6.59. The maximum Gasteiger partial charge on any atom is 0.244 e. The van der Waals surface area contributed by atoms with Gasteiger partial charge in [0.05, 0.1) is 6.20 Å². The van der Waals surface area contributed by atoms with E-state index in [4.69, 9.17) is 0 Å². The molecule has 0 radical (unpaired) electrons. The first-order chi connectivity index (χ1) is 11.1. The number of aromatic nitrogens is 6. The van der Waals surface area contributed by atoms with E-state index in [9.17, 15) is 14.3 Å². The lowest BCUT2D eigenvalue weighted by Crippen LogP contribution is -2.01. The van der Waals surface area contributed by atoms with Crippen molar-refractivity contribution in [1.29, 1.82) is 0 Å². The molecule has 3 N–H and O–H groups in total. The van der Waals surface area contributed by atoms with Crippen LogP contribution in [0.1, 0.15) is 27.4 Å². The number of halogens is 1. The summed E-state index contributed by atoms with van der Waals surface area (Å²) >= 11 is 0. The normalized spacial score (nSPS) is 11.6. The van der Waals surface area contributed by atoms with Gasteiger partial charge >= 0.3 is 0 Å². The third-order valence-electron chi connectivity index (χ3n) is 3.15. The van der Waals surface area contributed by atoms with Gasteiger partial charge < -0.3 is 5.11 Å². The lowest BCUT2D eigenvalue weighted by molar-refractivity contribution is 0.103. The minimum atomic E-state index is -0.623. The number of aliphatic hydroxyl groups excluding tert-OH is 1. The molecule has 116 valence electrons. The lowest BCUT2D eigenvalue weighted by Gasteiger charge is -2.04. The van der Waals surface area contributed by atoms with Gasteiger partial charge in [-0.2, -0.15) is 10.3 Å². The number of allylic oxidation sites excluding steroid dienone is 1. The highest BCUT2D eigenvalue weighted by Gasteiger charge is 2.15. The summed E-state index contributed by atoms with van der Waals surface area (Å²) in [7, 11) is 0. The second kappa shape index (κ2) is 6.18. The van der Waals surface area contributed by atoms with Gasteiger partial charge in [0.2, 0.25) is 11.6 Å². The third-order valence-corrected chi connectivity index (χ3v) is 3.15. The molecule has 0 amide bonds. The predicted octanol–water partition coefficient (Wildman–Crippen LogP) is 1.43. The third kappa shape index (κ3) is 3.12. The summed E-state index contributed by atoms with van der Waals surface area (Å²) < 4.78 is 13.7. The number of benzene rings is 1. The van der Waals surface area contributed by atoms with Crippen molar-refractivity contribution in [3.63, 3.8) is 0 Å². The van der Waals surface area contributed by atoms with E-state index in [1.54, 1.807) is 18.2 Å². The standard InChI is InChI=1S/C14H11FN6O2/c15-10-4-2-1-3-8(10)5-9-7-16-17-13(9)11(22)6-12(23)14-18-20-21-19-14/h1-4,6-7,22H,5H2,(H,16,17)(H,18,19,20,21). The van der Waals surface area contributed by atoms with Crippen LogP contribution in [0.2, 0.25) is 0 Å². The average Bonchev–Trinajstić information content (AvgIpc) is 3.20. The summed E-state index contributed by atoms with van der Waals surface area (Å²) in [6, 6.07) is 6.30. The second-order valence-electron chi connectivity index (χ2n) is 4.67. The first kappa shape index (κ1) is 14.6. The van der Waals surface area contributed by atoms with Crippen molar-refractivity contribution in [2.45, 2.75) is 6.42 Å². The molecule has 2 heterocycles. The summed E-state index contributed by atoms with van der Waals surface area (Å²) in [5.74, 6) is -1.50. The monoisotopic (exact) mass is 314 g/mol. The van der Waals surface area contributed by atoms with Crippen molar-refractivity contribution in [2.75, 3.05) is 0 Å². The van der Waals surface area contributed by atoms with Gasteiger partial charge in [0.1, 0.15) is 17.3 Å². The summed E-state index contributed by atoms with van der Waals surface area (Å²) in [6.07, 6.45) is 2.63. The Balaban J connectivity index is 1.86. The number of H-pyrrole nitrogens is 2. The fourth-order valence-corrected chi connectivity index (χ4v) is 2.04. The molecule has 3 rings (SSSR count). The Morgan fingerprint density at radius 1 is 1.30 bits per heavy atom. The molecule has 0 saturated carbocycles. The molecule has 3 aromatic rings. The number of hydrogen-bond donors (Lipinski definition) is 3. The number of tetrazole rings is 1. The van der Waals surface area contributed by atoms with Gasteiger partial charge in [0, 0.05) is 18.1 Å². The van der Waals surface area contributed by atoms with Crippen LogP contribution in [0.5, 0.6) is 0 Å². The molecule has 0 fully saturated rings. The number of nitrogens with one attached hydrogen (secondary N) is 2. The molecule has 23 heavy (non-hydrogen) atoms. The van der Waals surface area contributed by atoms with E-state index in [-0.39, 0.29) is 29.5 Å². The highest BCUT2D eigenvalue weighted by Crippen LogP contribution is 2.19. The Labute approximate surface area is 129 Å². The largest absolute Gasteiger partial charge is 0.506 e. The lowest BCUT2D eigenvalue weighted by atomic mass is 10.0. The Kier molecular flexibility index (Phi) is 3.91. The van der Waals surface area contributed by atoms with Crippen molar-refractivity contribution in [3.05, 3.63) is 65.0 Å². The fourth-order valence-electron chi connectivity index (χ4n) is 2.04. The smallest absolute Gasteiger partial charge is 0.244 e. The molecule has 0 aliphatic carbocycles.